The van der Waals surface area contributed by atoms with E-state index in [-0.39, 0.29) is 0 Å². The molecule has 0 saturated carbocycles. The van der Waals surface area contributed by atoms with E-state index in [4.69, 9.17) is 29.3 Å². The highest BCUT2D eigenvalue weighted by Gasteiger charge is 2.18. The van der Waals surface area contributed by atoms with E-state index in [1.54, 1.807) is 0 Å². The van der Waals surface area contributed by atoms with Crippen LogP contribution in [-0.2, 0) is 0 Å². The van der Waals surface area contributed by atoms with Gasteiger partial charge in [0.1, 0.15) is 16.8 Å². The number of rotatable bonds is 6. The van der Waals surface area contributed by atoms with Crippen molar-refractivity contribution in [2.45, 2.75) is 0 Å². The first-order valence-electron chi connectivity index (χ1n) is 16.1. The van der Waals surface area contributed by atoms with Crippen molar-refractivity contribution in [3.8, 4) is 67.8 Å². The molecule has 0 fully saturated rings. The van der Waals surface area contributed by atoms with Crippen LogP contribution in [0.1, 0.15) is 0 Å². The van der Waals surface area contributed by atoms with Crippen molar-refractivity contribution < 1.29 is 4.42 Å². The van der Waals surface area contributed by atoms with Crippen molar-refractivity contribution in [1.82, 2.24) is 24.9 Å². The van der Waals surface area contributed by atoms with E-state index < -0.39 is 0 Å². The van der Waals surface area contributed by atoms with Gasteiger partial charge in [-0.25, -0.2) is 24.9 Å². The monoisotopic (exact) mass is 629 g/mol. The first-order chi connectivity index (χ1) is 24.3. The van der Waals surface area contributed by atoms with E-state index in [0.717, 1.165) is 66.8 Å². The molecule has 0 aliphatic carbocycles. The van der Waals surface area contributed by atoms with Gasteiger partial charge >= 0.3 is 0 Å². The van der Waals surface area contributed by atoms with Crippen molar-refractivity contribution in [3.63, 3.8) is 0 Å². The lowest BCUT2D eigenvalue weighted by Crippen LogP contribution is -2.00. The lowest BCUT2D eigenvalue weighted by molar-refractivity contribution is 0.653. The van der Waals surface area contributed by atoms with E-state index in [9.17, 15) is 0 Å². The lowest BCUT2D eigenvalue weighted by atomic mass is 9.98. The van der Waals surface area contributed by atoms with E-state index in [2.05, 4.69) is 60.7 Å². The first kappa shape index (κ1) is 28.4. The molecule has 0 amide bonds. The normalized spacial score (nSPS) is 11.3. The van der Waals surface area contributed by atoms with E-state index in [0.29, 0.717) is 23.2 Å². The number of nitrogens with zero attached hydrogens (tertiary/aromatic N) is 5. The van der Waals surface area contributed by atoms with Crippen LogP contribution in [0.15, 0.2) is 168 Å². The maximum Gasteiger partial charge on any atom is 0.246 e. The van der Waals surface area contributed by atoms with Crippen LogP contribution in [0.3, 0.4) is 0 Å². The SMILES string of the molecule is c1ccc(-c2nc(-c3ccccc3)nc(-c3ccc(-c4cccc(-c5nc6c(nc5-c5ccccc5)oc5ccccc56)c4)cc3)n2)cc1. The lowest BCUT2D eigenvalue weighted by Gasteiger charge is -2.11. The summed E-state index contributed by atoms with van der Waals surface area (Å²) in [5.41, 5.74) is 10.5. The minimum absolute atomic E-state index is 0.528. The molecule has 0 N–H and O–H groups in total. The summed E-state index contributed by atoms with van der Waals surface area (Å²) in [7, 11) is 0. The topological polar surface area (TPSA) is 77.6 Å². The van der Waals surface area contributed by atoms with Crippen LogP contribution in [-0.4, -0.2) is 24.9 Å². The van der Waals surface area contributed by atoms with Gasteiger partial charge in [-0.2, -0.15) is 0 Å². The minimum Gasteiger partial charge on any atom is -0.436 e. The summed E-state index contributed by atoms with van der Waals surface area (Å²) in [4.78, 5) is 24.8. The predicted octanol–water partition coefficient (Wildman–Crippen LogP) is 10.6. The highest BCUT2D eigenvalue weighted by atomic mass is 16.3. The summed E-state index contributed by atoms with van der Waals surface area (Å²) in [6, 6.07) is 54.9. The summed E-state index contributed by atoms with van der Waals surface area (Å²) in [6.07, 6.45) is 0. The Hall–Kier alpha value is -6.79. The molecule has 3 aromatic heterocycles. The quantitative estimate of drug-likeness (QED) is 0.182. The van der Waals surface area contributed by atoms with Crippen LogP contribution < -0.4 is 0 Å². The van der Waals surface area contributed by atoms with Gasteiger partial charge in [0, 0.05) is 33.2 Å². The molecule has 6 aromatic carbocycles. The minimum atomic E-state index is 0.528. The Morgan fingerprint density at radius 3 is 1.43 bits per heavy atom. The molecule has 0 atom stereocenters. The van der Waals surface area contributed by atoms with E-state index in [1.165, 1.54) is 0 Å². The Bertz CT molecular complexity index is 2530. The first-order valence-corrected chi connectivity index (χ1v) is 16.1. The molecule has 0 radical (unpaired) electrons. The molecule has 9 aromatic rings. The molecule has 49 heavy (non-hydrogen) atoms. The average Bonchev–Trinajstić information content (AvgIpc) is 3.56. The molecule has 0 saturated heterocycles. The maximum absolute atomic E-state index is 6.12. The fraction of sp³-hybridized carbons (Fsp3) is 0. The molecule has 0 spiro atoms. The van der Waals surface area contributed by atoms with Crippen molar-refractivity contribution in [2.75, 3.05) is 0 Å². The molecule has 6 heteroatoms. The Labute approximate surface area is 282 Å². The van der Waals surface area contributed by atoms with Gasteiger partial charge in [-0.1, -0.05) is 146 Å². The zero-order chi connectivity index (χ0) is 32.6. The summed E-state index contributed by atoms with van der Waals surface area (Å²) < 4.78 is 6.12. The third kappa shape index (κ3) is 5.41. The molecule has 230 valence electrons. The maximum atomic E-state index is 6.12. The molecular weight excluding hydrogens is 603 g/mol. The van der Waals surface area contributed by atoms with Crippen molar-refractivity contribution >= 4 is 22.2 Å². The Kier molecular flexibility index (Phi) is 7.02. The van der Waals surface area contributed by atoms with Gasteiger partial charge < -0.3 is 4.42 Å². The van der Waals surface area contributed by atoms with Crippen molar-refractivity contribution in [3.05, 3.63) is 164 Å². The van der Waals surface area contributed by atoms with Gasteiger partial charge in [0.2, 0.25) is 5.71 Å². The Morgan fingerprint density at radius 1 is 0.327 bits per heavy atom. The van der Waals surface area contributed by atoms with Gasteiger partial charge in [-0.05, 0) is 29.3 Å². The number of benzene rings is 6. The average molecular weight is 630 g/mol. The summed E-state index contributed by atoms with van der Waals surface area (Å²) in [5.74, 6) is 1.90. The van der Waals surface area contributed by atoms with Gasteiger partial charge in [0.05, 0.1) is 5.69 Å². The highest BCUT2D eigenvalue weighted by molar-refractivity contribution is 6.02. The van der Waals surface area contributed by atoms with Crippen LogP contribution in [0.5, 0.6) is 0 Å². The molecular formula is C43H27N5O. The van der Waals surface area contributed by atoms with Crippen LogP contribution >= 0.6 is 0 Å². The molecule has 3 heterocycles. The van der Waals surface area contributed by atoms with Gasteiger partial charge in [0.25, 0.3) is 0 Å². The summed E-state index contributed by atoms with van der Waals surface area (Å²) in [6.45, 7) is 0. The second kappa shape index (κ2) is 12.1. The second-order valence-electron chi connectivity index (χ2n) is 11.7. The number of aromatic nitrogens is 5. The van der Waals surface area contributed by atoms with Gasteiger partial charge in [0.15, 0.2) is 17.5 Å². The van der Waals surface area contributed by atoms with Gasteiger partial charge in [-0.15, -0.1) is 0 Å². The zero-order valence-electron chi connectivity index (χ0n) is 26.2. The summed E-state index contributed by atoms with van der Waals surface area (Å²) >= 11 is 0. The van der Waals surface area contributed by atoms with Crippen LogP contribution in [0, 0.1) is 0 Å². The van der Waals surface area contributed by atoms with Crippen molar-refractivity contribution in [1.29, 1.82) is 0 Å². The van der Waals surface area contributed by atoms with E-state index in [1.807, 2.05) is 103 Å². The van der Waals surface area contributed by atoms with E-state index >= 15 is 0 Å². The Morgan fingerprint density at radius 2 is 0.796 bits per heavy atom. The molecule has 0 unspecified atom stereocenters. The summed E-state index contributed by atoms with van der Waals surface area (Å²) in [5, 5.41) is 0.946. The molecule has 9 rings (SSSR count). The third-order valence-corrected chi connectivity index (χ3v) is 8.57. The fourth-order valence-electron chi connectivity index (χ4n) is 6.12. The van der Waals surface area contributed by atoms with Crippen LogP contribution in [0.2, 0.25) is 0 Å². The van der Waals surface area contributed by atoms with Crippen molar-refractivity contribution in [2.24, 2.45) is 0 Å². The number of furan rings is 1. The molecule has 6 nitrogen and oxygen atoms in total. The second-order valence-corrected chi connectivity index (χ2v) is 11.7. The number of para-hydroxylation sites is 1. The zero-order valence-corrected chi connectivity index (χ0v) is 26.2. The standard InChI is InChI=1S/C43H27N5O/c1-4-13-29(14-5-1)37-38(44-39-35-21-10-11-22-36(35)49-43(39)45-37)34-20-12-19-33(27-34)28-23-25-32(26-24-28)42-47-40(30-15-6-2-7-16-30)46-41(48-42)31-17-8-3-9-18-31/h1-27H. The molecule has 0 bridgehead atoms. The predicted molar refractivity (Wildman–Crippen MR) is 195 cm³/mol. The molecule has 0 aliphatic heterocycles. The third-order valence-electron chi connectivity index (χ3n) is 8.57. The van der Waals surface area contributed by atoms with Crippen LogP contribution in [0.25, 0.3) is 90.0 Å². The fourth-order valence-corrected chi connectivity index (χ4v) is 6.12. The Balaban J connectivity index is 1.12. The smallest absolute Gasteiger partial charge is 0.246 e. The highest BCUT2D eigenvalue weighted by Crippen LogP contribution is 2.36. The largest absolute Gasteiger partial charge is 0.436 e. The number of hydrogen-bond acceptors (Lipinski definition) is 6. The van der Waals surface area contributed by atoms with Crippen LogP contribution in [0.4, 0.5) is 0 Å². The number of hydrogen-bond donors (Lipinski definition) is 0. The van der Waals surface area contributed by atoms with Gasteiger partial charge in [-0.3, -0.25) is 0 Å². The molecule has 0 aliphatic rings. The number of fused-ring (bicyclic) bond motifs is 3.